The number of carbonyl (C=O) groups excluding carboxylic acids is 1. The molecular formula is C12H9N3O2S. The van der Waals surface area contributed by atoms with Gasteiger partial charge in [-0.1, -0.05) is 6.07 Å². The lowest BCUT2D eigenvalue weighted by atomic mass is 10.1. The summed E-state index contributed by atoms with van der Waals surface area (Å²) in [5.74, 6) is -0.330. The monoisotopic (exact) mass is 259 g/mol. The van der Waals surface area contributed by atoms with Crippen LogP contribution in [0.5, 0.6) is 0 Å². The van der Waals surface area contributed by atoms with Crippen LogP contribution < -0.4 is 5.32 Å². The van der Waals surface area contributed by atoms with Crippen LogP contribution in [0.1, 0.15) is 10.4 Å². The van der Waals surface area contributed by atoms with E-state index in [0.717, 1.165) is 10.4 Å². The number of nitriles is 1. The van der Waals surface area contributed by atoms with Crippen LogP contribution >= 0.6 is 11.3 Å². The van der Waals surface area contributed by atoms with Crippen molar-refractivity contribution in [3.05, 3.63) is 35.3 Å². The Morgan fingerprint density at radius 3 is 3.06 bits per heavy atom. The molecule has 0 amide bonds. The van der Waals surface area contributed by atoms with Crippen LogP contribution in [0.2, 0.25) is 0 Å². The minimum absolute atomic E-state index is 0.199. The lowest BCUT2D eigenvalue weighted by Gasteiger charge is -2.06. The summed E-state index contributed by atoms with van der Waals surface area (Å²) in [6, 6.07) is 5.50. The molecule has 0 aromatic carbocycles. The summed E-state index contributed by atoms with van der Waals surface area (Å²) in [6.45, 7) is 0. The van der Waals surface area contributed by atoms with E-state index in [1.807, 2.05) is 17.5 Å². The molecule has 90 valence electrons. The first-order valence-electron chi connectivity index (χ1n) is 5.03. The highest BCUT2D eigenvalue weighted by atomic mass is 32.1. The fourth-order valence-corrected chi connectivity index (χ4v) is 2.17. The van der Waals surface area contributed by atoms with E-state index < -0.39 is 5.97 Å². The lowest BCUT2D eigenvalue weighted by molar-refractivity contribution is 0.0601. The van der Waals surface area contributed by atoms with Crippen LogP contribution in [0, 0.1) is 11.5 Å². The Labute approximate surface area is 108 Å². The van der Waals surface area contributed by atoms with Crippen molar-refractivity contribution < 1.29 is 9.53 Å². The van der Waals surface area contributed by atoms with E-state index in [4.69, 9.17) is 5.26 Å². The van der Waals surface area contributed by atoms with Crippen LogP contribution in [-0.4, -0.2) is 18.1 Å². The molecule has 1 N–H and O–H groups in total. The van der Waals surface area contributed by atoms with E-state index in [1.54, 1.807) is 29.8 Å². The number of aromatic nitrogens is 1. The molecule has 18 heavy (non-hydrogen) atoms. The van der Waals surface area contributed by atoms with Crippen molar-refractivity contribution in [3.63, 3.8) is 0 Å². The number of hydrogen-bond acceptors (Lipinski definition) is 6. The van der Waals surface area contributed by atoms with Gasteiger partial charge >= 0.3 is 5.97 Å². The van der Waals surface area contributed by atoms with Gasteiger partial charge in [-0.2, -0.15) is 5.26 Å². The van der Waals surface area contributed by atoms with Gasteiger partial charge in [0, 0.05) is 16.6 Å². The first kappa shape index (κ1) is 12.1. The van der Waals surface area contributed by atoms with Crippen LogP contribution in [0.25, 0.3) is 10.4 Å². The molecule has 0 unspecified atom stereocenters. The summed E-state index contributed by atoms with van der Waals surface area (Å²) in [4.78, 5) is 16.7. The van der Waals surface area contributed by atoms with Crippen molar-refractivity contribution in [2.45, 2.75) is 0 Å². The molecule has 0 aliphatic carbocycles. The third-order valence-electron chi connectivity index (χ3n) is 2.27. The summed E-state index contributed by atoms with van der Waals surface area (Å²) in [7, 11) is 1.29. The Morgan fingerprint density at radius 2 is 2.44 bits per heavy atom. The van der Waals surface area contributed by atoms with Gasteiger partial charge in [0.2, 0.25) is 0 Å². The average molecular weight is 259 g/mol. The van der Waals surface area contributed by atoms with Crippen molar-refractivity contribution >= 4 is 23.1 Å². The fourth-order valence-electron chi connectivity index (χ4n) is 1.46. The Bertz CT molecular complexity index is 602. The van der Waals surface area contributed by atoms with Gasteiger partial charge < -0.3 is 4.74 Å². The molecule has 0 spiro atoms. The van der Waals surface area contributed by atoms with Crippen LogP contribution in [-0.2, 0) is 4.74 Å². The second kappa shape index (κ2) is 5.29. The molecule has 2 rings (SSSR count). The summed E-state index contributed by atoms with van der Waals surface area (Å²) in [5, 5.41) is 12.9. The van der Waals surface area contributed by atoms with Gasteiger partial charge in [-0.25, -0.2) is 9.78 Å². The summed E-state index contributed by atoms with van der Waals surface area (Å²) >= 11 is 1.55. The van der Waals surface area contributed by atoms with Crippen molar-refractivity contribution in [1.29, 1.82) is 5.26 Å². The molecule has 0 saturated carbocycles. The molecular weight excluding hydrogens is 250 g/mol. The quantitative estimate of drug-likeness (QED) is 0.520. The van der Waals surface area contributed by atoms with Crippen LogP contribution in [0.3, 0.4) is 0 Å². The third kappa shape index (κ3) is 2.31. The van der Waals surface area contributed by atoms with Gasteiger partial charge in [-0.3, -0.25) is 5.32 Å². The van der Waals surface area contributed by atoms with Crippen molar-refractivity contribution in [2.24, 2.45) is 0 Å². The van der Waals surface area contributed by atoms with E-state index in [9.17, 15) is 4.79 Å². The smallest absolute Gasteiger partial charge is 0.341 e. The maximum atomic E-state index is 11.6. The lowest BCUT2D eigenvalue weighted by Crippen LogP contribution is -2.07. The van der Waals surface area contributed by atoms with Gasteiger partial charge in [-0.05, 0) is 17.5 Å². The fraction of sp³-hybridized carbons (Fsp3) is 0.0833. The van der Waals surface area contributed by atoms with Crippen LogP contribution in [0.4, 0.5) is 5.82 Å². The Kier molecular flexibility index (Phi) is 3.55. The van der Waals surface area contributed by atoms with Gasteiger partial charge in [0.1, 0.15) is 5.56 Å². The van der Waals surface area contributed by atoms with Crippen LogP contribution in [0.15, 0.2) is 29.8 Å². The standard InChI is InChI=1S/C12H9N3O2S/c1-17-12(16)9-5-8(10-3-2-4-18-10)6-14-11(9)15-7-13/h2-6H,1H3,(H,14,15). The predicted molar refractivity (Wildman–Crippen MR) is 68.1 cm³/mol. The summed E-state index contributed by atoms with van der Waals surface area (Å²) in [5.41, 5.74) is 1.05. The molecule has 0 aliphatic heterocycles. The average Bonchev–Trinajstić information content (AvgIpc) is 2.92. The van der Waals surface area contributed by atoms with E-state index >= 15 is 0 Å². The number of esters is 1. The van der Waals surface area contributed by atoms with E-state index in [2.05, 4.69) is 15.0 Å². The molecule has 5 nitrogen and oxygen atoms in total. The number of carbonyl (C=O) groups is 1. The third-order valence-corrected chi connectivity index (χ3v) is 3.19. The highest BCUT2D eigenvalue weighted by molar-refractivity contribution is 7.13. The molecule has 0 saturated heterocycles. The highest BCUT2D eigenvalue weighted by Gasteiger charge is 2.15. The highest BCUT2D eigenvalue weighted by Crippen LogP contribution is 2.27. The molecule has 0 aliphatic rings. The van der Waals surface area contributed by atoms with Crippen molar-refractivity contribution in [1.82, 2.24) is 4.98 Å². The SMILES string of the molecule is COC(=O)c1cc(-c2cccs2)cnc1NC#N. The largest absolute Gasteiger partial charge is 0.465 e. The predicted octanol–water partition coefficient (Wildman–Crippen LogP) is 2.49. The number of rotatable bonds is 3. The number of ether oxygens (including phenoxy) is 1. The Morgan fingerprint density at radius 1 is 1.61 bits per heavy atom. The topological polar surface area (TPSA) is 75.0 Å². The maximum Gasteiger partial charge on any atom is 0.341 e. The van der Waals surface area contributed by atoms with Crippen molar-refractivity contribution in [2.75, 3.05) is 12.4 Å². The molecule has 2 aromatic rings. The van der Waals surface area contributed by atoms with Gasteiger partial charge in [0.15, 0.2) is 12.0 Å². The molecule has 6 heteroatoms. The first-order chi connectivity index (χ1) is 8.76. The minimum atomic E-state index is -0.529. The second-order valence-corrected chi connectivity index (χ2v) is 4.27. The normalized spacial score (nSPS) is 9.56. The number of thiophene rings is 1. The van der Waals surface area contributed by atoms with Gasteiger partial charge in [0.25, 0.3) is 0 Å². The molecule has 0 bridgehead atoms. The summed E-state index contributed by atoms with van der Waals surface area (Å²) in [6.07, 6.45) is 3.35. The van der Waals surface area contributed by atoms with Crippen molar-refractivity contribution in [3.8, 4) is 16.6 Å². The zero-order chi connectivity index (χ0) is 13.0. The Hall–Kier alpha value is -2.39. The summed E-state index contributed by atoms with van der Waals surface area (Å²) < 4.78 is 4.67. The zero-order valence-corrected chi connectivity index (χ0v) is 10.3. The molecule has 2 aromatic heterocycles. The second-order valence-electron chi connectivity index (χ2n) is 3.33. The van der Waals surface area contributed by atoms with E-state index in [-0.39, 0.29) is 11.4 Å². The number of hydrogen-bond donors (Lipinski definition) is 1. The molecule has 0 atom stereocenters. The first-order valence-corrected chi connectivity index (χ1v) is 5.91. The number of pyridine rings is 1. The molecule has 2 heterocycles. The number of nitrogens with one attached hydrogen (secondary N) is 1. The van der Waals surface area contributed by atoms with E-state index in [1.165, 1.54) is 7.11 Å². The molecule has 0 fully saturated rings. The van der Waals surface area contributed by atoms with E-state index in [0.29, 0.717) is 0 Å². The maximum absolute atomic E-state index is 11.6. The molecule has 0 radical (unpaired) electrons. The number of anilines is 1. The zero-order valence-electron chi connectivity index (χ0n) is 9.51. The minimum Gasteiger partial charge on any atom is -0.465 e. The number of nitrogens with zero attached hydrogens (tertiary/aromatic N) is 2. The van der Waals surface area contributed by atoms with Gasteiger partial charge in [0.05, 0.1) is 7.11 Å². The number of methoxy groups -OCH3 is 1. The van der Waals surface area contributed by atoms with Gasteiger partial charge in [-0.15, -0.1) is 11.3 Å². The Balaban J connectivity index is 2.49.